The molecule has 0 amide bonds. The van der Waals surface area contributed by atoms with E-state index in [-0.39, 0.29) is 57.5 Å². The molecule has 1 N–H and O–H groups in total. The van der Waals surface area contributed by atoms with E-state index in [1.165, 1.54) is 25.7 Å². The van der Waals surface area contributed by atoms with Gasteiger partial charge in [-0.2, -0.15) is 0 Å². The molecular formula is C18H37KO4S. The zero-order chi connectivity index (χ0) is 17.6. The van der Waals surface area contributed by atoms with Crippen molar-refractivity contribution >= 4 is 10.1 Å². The molecule has 0 radical (unpaired) electrons. The van der Waals surface area contributed by atoms with Crippen LogP contribution in [0.15, 0.2) is 0 Å². The van der Waals surface area contributed by atoms with E-state index in [2.05, 4.69) is 6.92 Å². The SMILES string of the molecule is CCCCCCCC(O)CCCCCC(CCCC)S(=O)(=O)[O-].[K+]. The van der Waals surface area contributed by atoms with Gasteiger partial charge in [0.15, 0.2) is 0 Å². The molecule has 2 atom stereocenters. The van der Waals surface area contributed by atoms with Gasteiger partial charge in [-0.1, -0.05) is 78.1 Å². The first-order valence-corrected chi connectivity index (χ1v) is 11.0. The van der Waals surface area contributed by atoms with Crippen LogP contribution in [0, 0.1) is 0 Å². The van der Waals surface area contributed by atoms with Gasteiger partial charge in [0.05, 0.1) is 16.2 Å². The third kappa shape index (κ3) is 16.9. The number of unbranched alkanes of at least 4 members (excludes halogenated alkanes) is 7. The summed E-state index contributed by atoms with van der Waals surface area (Å²) < 4.78 is 33.6. The van der Waals surface area contributed by atoms with Crippen molar-refractivity contribution in [1.82, 2.24) is 0 Å². The predicted octanol–water partition coefficient (Wildman–Crippen LogP) is 1.77. The number of aliphatic hydroxyl groups excluding tert-OH is 1. The molecule has 0 heterocycles. The third-order valence-corrected chi connectivity index (χ3v) is 5.78. The molecule has 0 rings (SSSR count). The molecule has 2 unspecified atom stereocenters. The molecule has 0 aliphatic carbocycles. The van der Waals surface area contributed by atoms with Crippen LogP contribution in [0.25, 0.3) is 0 Å². The fraction of sp³-hybridized carbons (Fsp3) is 1.00. The Morgan fingerprint density at radius 2 is 1.17 bits per heavy atom. The fourth-order valence-electron chi connectivity index (χ4n) is 2.92. The maximum Gasteiger partial charge on any atom is 1.00 e. The predicted molar refractivity (Wildman–Crippen MR) is 95.5 cm³/mol. The number of rotatable bonds is 16. The zero-order valence-corrected chi connectivity index (χ0v) is 20.1. The Morgan fingerprint density at radius 3 is 1.67 bits per heavy atom. The van der Waals surface area contributed by atoms with Crippen LogP contribution >= 0.6 is 0 Å². The van der Waals surface area contributed by atoms with E-state index in [1.54, 1.807) is 0 Å². The summed E-state index contributed by atoms with van der Waals surface area (Å²) in [5.41, 5.74) is 0. The molecule has 0 fully saturated rings. The Bertz CT molecular complexity index is 360. The topological polar surface area (TPSA) is 77.4 Å². The molecule has 0 spiro atoms. The molecule has 0 bridgehead atoms. The van der Waals surface area contributed by atoms with E-state index in [1.807, 2.05) is 6.92 Å². The van der Waals surface area contributed by atoms with Crippen LogP contribution < -0.4 is 51.4 Å². The van der Waals surface area contributed by atoms with Crippen molar-refractivity contribution in [3.63, 3.8) is 0 Å². The van der Waals surface area contributed by atoms with Crippen molar-refractivity contribution in [3.05, 3.63) is 0 Å². The number of aliphatic hydroxyl groups is 1. The van der Waals surface area contributed by atoms with Crippen molar-refractivity contribution in [1.29, 1.82) is 0 Å². The number of hydrogen-bond acceptors (Lipinski definition) is 4. The minimum Gasteiger partial charge on any atom is -0.748 e. The van der Waals surface area contributed by atoms with Gasteiger partial charge in [0.2, 0.25) is 0 Å². The molecule has 0 saturated heterocycles. The minimum atomic E-state index is -4.16. The fourth-order valence-corrected chi connectivity index (χ4v) is 3.83. The van der Waals surface area contributed by atoms with Gasteiger partial charge in [-0.25, -0.2) is 8.42 Å². The van der Waals surface area contributed by atoms with Gasteiger partial charge >= 0.3 is 51.4 Å². The van der Waals surface area contributed by atoms with Crippen LogP contribution in [0.1, 0.15) is 104 Å². The smallest absolute Gasteiger partial charge is 0.748 e. The minimum absolute atomic E-state index is 0. The van der Waals surface area contributed by atoms with Crippen LogP contribution in [0.4, 0.5) is 0 Å². The van der Waals surface area contributed by atoms with E-state index >= 15 is 0 Å². The second kappa shape index (κ2) is 17.9. The third-order valence-electron chi connectivity index (χ3n) is 4.49. The Hall–Kier alpha value is 1.51. The van der Waals surface area contributed by atoms with Gasteiger partial charge in [-0.15, -0.1) is 0 Å². The van der Waals surface area contributed by atoms with Gasteiger partial charge in [-0.05, 0) is 25.7 Å². The molecule has 140 valence electrons. The zero-order valence-electron chi connectivity index (χ0n) is 16.1. The Kier molecular flexibility index (Phi) is 20.7. The summed E-state index contributed by atoms with van der Waals surface area (Å²) in [6, 6.07) is 0. The van der Waals surface area contributed by atoms with Gasteiger partial charge < -0.3 is 9.66 Å². The van der Waals surface area contributed by atoms with Crippen molar-refractivity contribution in [3.8, 4) is 0 Å². The Balaban J connectivity index is 0. The quantitative estimate of drug-likeness (QED) is 0.248. The summed E-state index contributed by atoms with van der Waals surface area (Å²) in [6.07, 6.45) is 12.7. The summed E-state index contributed by atoms with van der Waals surface area (Å²) in [4.78, 5) is 0. The van der Waals surface area contributed by atoms with Crippen molar-refractivity contribution in [2.45, 2.75) is 115 Å². The van der Waals surface area contributed by atoms with E-state index in [0.29, 0.717) is 12.8 Å². The van der Waals surface area contributed by atoms with Gasteiger partial charge in [0, 0.05) is 5.25 Å². The standard InChI is InChI=1S/C18H38O4S.K/c1-3-5-7-8-10-13-17(19)14-11-9-12-16-18(15-6-4-2)23(20,21)22;/h17-19H,3-16H2,1-2H3,(H,20,21,22);/q;+1/p-1. The van der Waals surface area contributed by atoms with Crippen molar-refractivity contribution in [2.24, 2.45) is 0 Å². The summed E-state index contributed by atoms with van der Waals surface area (Å²) >= 11 is 0. The largest absolute Gasteiger partial charge is 1.00 e. The normalized spacial score (nSPS) is 14.2. The molecule has 0 aliphatic heterocycles. The van der Waals surface area contributed by atoms with Gasteiger partial charge in [-0.3, -0.25) is 0 Å². The molecule has 0 aliphatic rings. The summed E-state index contributed by atoms with van der Waals surface area (Å²) in [7, 11) is -4.16. The molecule has 0 aromatic carbocycles. The van der Waals surface area contributed by atoms with E-state index in [9.17, 15) is 18.1 Å². The monoisotopic (exact) mass is 388 g/mol. The maximum absolute atomic E-state index is 11.2. The Labute approximate surface area is 192 Å². The van der Waals surface area contributed by atoms with E-state index in [0.717, 1.165) is 51.4 Å². The van der Waals surface area contributed by atoms with Crippen molar-refractivity contribution in [2.75, 3.05) is 0 Å². The average molecular weight is 389 g/mol. The molecular weight excluding hydrogens is 351 g/mol. The van der Waals surface area contributed by atoms with Crippen LogP contribution in [0.2, 0.25) is 0 Å². The molecule has 24 heavy (non-hydrogen) atoms. The molecule has 0 aromatic rings. The van der Waals surface area contributed by atoms with Crippen molar-refractivity contribution < 1.29 is 69.5 Å². The summed E-state index contributed by atoms with van der Waals surface area (Å²) in [6.45, 7) is 4.19. The van der Waals surface area contributed by atoms with Crippen LogP contribution in [0.3, 0.4) is 0 Å². The second-order valence-corrected chi connectivity index (χ2v) is 8.40. The van der Waals surface area contributed by atoms with E-state index < -0.39 is 15.4 Å². The van der Waals surface area contributed by atoms with Gasteiger partial charge in [0.1, 0.15) is 0 Å². The first-order chi connectivity index (χ1) is 10.9. The molecule has 6 heteroatoms. The summed E-state index contributed by atoms with van der Waals surface area (Å²) in [5, 5.41) is 9.20. The first-order valence-electron chi connectivity index (χ1n) is 9.54. The number of hydrogen-bond donors (Lipinski definition) is 1. The van der Waals surface area contributed by atoms with Crippen LogP contribution in [0.5, 0.6) is 0 Å². The summed E-state index contributed by atoms with van der Waals surface area (Å²) in [5.74, 6) is 0. The second-order valence-electron chi connectivity index (χ2n) is 6.75. The molecule has 0 saturated carbocycles. The average Bonchev–Trinajstić information content (AvgIpc) is 2.48. The van der Waals surface area contributed by atoms with Gasteiger partial charge in [0.25, 0.3) is 0 Å². The van der Waals surface area contributed by atoms with E-state index in [4.69, 9.17) is 0 Å². The molecule has 0 aromatic heterocycles. The maximum atomic E-state index is 11.2. The van der Waals surface area contributed by atoms with Crippen LogP contribution in [-0.2, 0) is 10.1 Å². The van der Waals surface area contributed by atoms with Crippen LogP contribution in [-0.4, -0.2) is 29.4 Å². The molecule has 4 nitrogen and oxygen atoms in total. The first kappa shape index (κ1) is 27.7. The Morgan fingerprint density at radius 1 is 0.750 bits per heavy atom.